The van der Waals surface area contributed by atoms with E-state index in [0.717, 1.165) is 24.2 Å². The minimum Gasteiger partial charge on any atom is -0.497 e. The molecule has 1 aromatic heterocycles. The maximum atomic E-state index is 12.9. The minimum atomic E-state index is -0.0805. The van der Waals surface area contributed by atoms with Gasteiger partial charge in [0.1, 0.15) is 18.1 Å². The fourth-order valence-electron chi connectivity index (χ4n) is 3.43. The largest absolute Gasteiger partial charge is 0.497 e. The molecule has 1 amide bonds. The van der Waals surface area contributed by atoms with Crippen molar-refractivity contribution in [1.29, 1.82) is 5.26 Å². The number of hydrogen-bond acceptors (Lipinski definition) is 4. The van der Waals surface area contributed by atoms with E-state index in [1.54, 1.807) is 19.5 Å². The number of benzene rings is 1. The molecule has 0 saturated carbocycles. The van der Waals surface area contributed by atoms with E-state index in [1.165, 1.54) is 0 Å². The van der Waals surface area contributed by atoms with Crippen LogP contribution in [0.4, 0.5) is 0 Å². The van der Waals surface area contributed by atoms with Crippen molar-refractivity contribution >= 4 is 5.91 Å². The molecule has 2 aromatic rings. The second-order valence-corrected chi connectivity index (χ2v) is 5.50. The van der Waals surface area contributed by atoms with Gasteiger partial charge in [0.2, 0.25) is 0 Å². The van der Waals surface area contributed by atoms with Crippen LogP contribution in [-0.4, -0.2) is 34.0 Å². The van der Waals surface area contributed by atoms with Crippen molar-refractivity contribution < 1.29 is 9.53 Å². The first kappa shape index (κ1) is 12.9. The number of nitrogens with zero attached hydrogens (tertiary/aromatic N) is 4. The average Bonchev–Trinajstić information content (AvgIpc) is 3.17. The highest BCUT2D eigenvalue weighted by Crippen LogP contribution is 2.40. The predicted octanol–water partition coefficient (Wildman–Crippen LogP) is 2.04. The van der Waals surface area contributed by atoms with E-state index in [-0.39, 0.29) is 11.9 Å². The second kappa shape index (κ2) is 4.60. The second-order valence-electron chi connectivity index (χ2n) is 5.50. The number of aromatic nitrogens is 2. The SMILES string of the molecule is COc1ccc2c(c1)C(=O)N1CCC[C@H]1c1c(C#N)ncn1-2. The number of fused-ring (bicyclic) bond motifs is 5. The van der Waals surface area contributed by atoms with Gasteiger partial charge in [0.25, 0.3) is 5.91 Å². The third-order valence-corrected chi connectivity index (χ3v) is 4.43. The number of methoxy groups -OCH3 is 1. The molecule has 1 saturated heterocycles. The minimum absolute atomic E-state index is 0.0102. The maximum Gasteiger partial charge on any atom is 0.256 e. The van der Waals surface area contributed by atoms with E-state index in [4.69, 9.17) is 4.74 Å². The van der Waals surface area contributed by atoms with E-state index in [2.05, 4.69) is 11.1 Å². The molecule has 6 heteroatoms. The highest BCUT2D eigenvalue weighted by atomic mass is 16.5. The number of amides is 1. The molecule has 1 atom stereocenters. The molecule has 0 radical (unpaired) electrons. The van der Waals surface area contributed by atoms with Crippen LogP contribution in [0.5, 0.6) is 5.75 Å². The van der Waals surface area contributed by atoms with Crippen molar-refractivity contribution in [2.24, 2.45) is 0 Å². The van der Waals surface area contributed by atoms with Gasteiger partial charge >= 0.3 is 0 Å². The molecule has 2 aliphatic rings. The van der Waals surface area contributed by atoms with Gasteiger partial charge in [-0.05, 0) is 31.0 Å². The highest BCUT2D eigenvalue weighted by Gasteiger charge is 2.38. The van der Waals surface area contributed by atoms with E-state index < -0.39 is 0 Å². The van der Waals surface area contributed by atoms with Crippen LogP contribution in [0.25, 0.3) is 5.69 Å². The van der Waals surface area contributed by atoms with Crippen LogP contribution in [-0.2, 0) is 0 Å². The first-order chi connectivity index (χ1) is 10.7. The summed E-state index contributed by atoms with van der Waals surface area (Å²) in [5.41, 5.74) is 2.56. The van der Waals surface area contributed by atoms with Gasteiger partial charge in [0, 0.05) is 6.54 Å². The Labute approximate surface area is 127 Å². The zero-order valence-corrected chi connectivity index (χ0v) is 12.1. The summed E-state index contributed by atoms with van der Waals surface area (Å²) < 4.78 is 7.12. The molecular formula is C16H14N4O2. The van der Waals surface area contributed by atoms with E-state index in [0.29, 0.717) is 23.6 Å². The molecule has 110 valence electrons. The van der Waals surface area contributed by atoms with E-state index in [1.807, 2.05) is 21.6 Å². The molecule has 0 aliphatic carbocycles. The summed E-state index contributed by atoms with van der Waals surface area (Å²) in [7, 11) is 1.58. The zero-order chi connectivity index (χ0) is 15.3. The summed E-state index contributed by atoms with van der Waals surface area (Å²) >= 11 is 0. The number of ether oxygens (including phenoxy) is 1. The molecule has 0 N–H and O–H groups in total. The van der Waals surface area contributed by atoms with Crippen molar-refractivity contribution in [3.63, 3.8) is 0 Å². The van der Waals surface area contributed by atoms with Gasteiger partial charge in [-0.3, -0.25) is 9.36 Å². The molecule has 2 aliphatic heterocycles. The first-order valence-corrected chi connectivity index (χ1v) is 7.21. The third kappa shape index (κ3) is 1.59. The molecule has 0 bridgehead atoms. The van der Waals surface area contributed by atoms with Crippen molar-refractivity contribution in [1.82, 2.24) is 14.5 Å². The van der Waals surface area contributed by atoms with Crippen molar-refractivity contribution in [3.8, 4) is 17.5 Å². The standard InChI is InChI=1S/C16H14N4O2/c1-22-10-4-5-13-11(7-10)16(21)19-6-2-3-14(19)15-12(8-17)18-9-20(13)15/h4-5,7,9,14H,2-3,6H2,1H3/t14-/m0/s1. The fraction of sp³-hybridized carbons (Fsp3) is 0.312. The van der Waals surface area contributed by atoms with Crippen LogP contribution in [0.2, 0.25) is 0 Å². The molecule has 1 aromatic carbocycles. The Kier molecular flexibility index (Phi) is 2.70. The lowest BCUT2D eigenvalue weighted by Gasteiger charge is -2.22. The number of carbonyl (C=O) groups is 1. The number of imidazole rings is 1. The Morgan fingerprint density at radius 3 is 3.09 bits per heavy atom. The molecule has 6 nitrogen and oxygen atoms in total. The van der Waals surface area contributed by atoms with Gasteiger partial charge in [0.05, 0.1) is 30.1 Å². The molecular weight excluding hydrogens is 280 g/mol. The Balaban J connectivity index is 2.03. The zero-order valence-electron chi connectivity index (χ0n) is 12.1. The quantitative estimate of drug-likeness (QED) is 0.807. The summed E-state index contributed by atoms with van der Waals surface area (Å²) in [5.74, 6) is 0.635. The van der Waals surface area contributed by atoms with Gasteiger partial charge in [0.15, 0.2) is 5.69 Å². The van der Waals surface area contributed by atoms with Gasteiger partial charge in [-0.1, -0.05) is 0 Å². The summed E-state index contributed by atoms with van der Waals surface area (Å²) in [6.45, 7) is 0.705. The Morgan fingerprint density at radius 2 is 2.32 bits per heavy atom. The van der Waals surface area contributed by atoms with Gasteiger partial charge in [-0.25, -0.2) is 4.98 Å². The summed E-state index contributed by atoms with van der Waals surface area (Å²) in [6, 6.07) is 7.49. The van der Waals surface area contributed by atoms with Crippen LogP contribution in [0.1, 0.15) is 40.6 Å². The summed E-state index contributed by atoms with van der Waals surface area (Å²) in [4.78, 5) is 19.0. The Hall–Kier alpha value is -2.81. The maximum absolute atomic E-state index is 12.9. The predicted molar refractivity (Wildman–Crippen MR) is 77.8 cm³/mol. The van der Waals surface area contributed by atoms with E-state index >= 15 is 0 Å². The third-order valence-electron chi connectivity index (χ3n) is 4.43. The molecule has 0 unspecified atom stereocenters. The summed E-state index contributed by atoms with van der Waals surface area (Å²) in [5, 5.41) is 9.34. The van der Waals surface area contributed by atoms with Crippen LogP contribution in [0, 0.1) is 11.3 Å². The van der Waals surface area contributed by atoms with E-state index in [9.17, 15) is 10.1 Å². The van der Waals surface area contributed by atoms with Crippen molar-refractivity contribution in [3.05, 3.63) is 41.5 Å². The fourth-order valence-corrected chi connectivity index (χ4v) is 3.43. The molecule has 3 heterocycles. The Morgan fingerprint density at radius 1 is 1.45 bits per heavy atom. The van der Waals surface area contributed by atoms with Crippen molar-refractivity contribution in [2.45, 2.75) is 18.9 Å². The molecule has 0 spiro atoms. The van der Waals surface area contributed by atoms with Crippen LogP contribution < -0.4 is 4.74 Å². The summed E-state index contributed by atoms with van der Waals surface area (Å²) in [6.07, 6.45) is 3.43. The molecule has 1 fully saturated rings. The lowest BCUT2D eigenvalue weighted by molar-refractivity contribution is 0.0738. The Bertz CT molecular complexity index is 818. The van der Waals surface area contributed by atoms with Crippen LogP contribution in [0.3, 0.4) is 0 Å². The van der Waals surface area contributed by atoms with Crippen molar-refractivity contribution in [2.75, 3.05) is 13.7 Å². The topological polar surface area (TPSA) is 71.2 Å². The van der Waals surface area contributed by atoms with Gasteiger partial charge < -0.3 is 9.64 Å². The highest BCUT2D eigenvalue weighted by molar-refractivity contribution is 5.99. The molecule has 22 heavy (non-hydrogen) atoms. The van der Waals surface area contributed by atoms with Crippen LogP contribution >= 0.6 is 0 Å². The lowest BCUT2D eigenvalue weighted by atomic mass is 10.1. The average molecular weight is 294 g/mol. The number of hydrogen-bond donors (Lipinski definition) is 0. The van der Waals surface area contributed by atoms with Gasteiger partial charge in [-0.15, -0.1) is 0 Å². The number of carbonyl (C=O) groups excluding carboxylic acids is 1. The normalized spacial score (nSPS) is 19.0. The first-order valence-electron chi connectivity index (χ1n) is 7.21. The molecule has 4 rings (SSSR count). The smallest absolute Gasteiger partial charge is 0.256 e. The number of nitriles is 1. The van der Waals surface area contributed by atoms with Gasteiger partial charge in [-0.2, -0.15) is 5.26 Å². The lowest BCUT2D eigenvalue weighted by Crippen LogP contribution is -2.29. The van der Waals surface area contributed by atoms with Crippen LogP contribution in [0.15, 0.2) is 24.5 Å². The number of rotatable bonds is 1. The monoisotopic (exact) mass is 294 g/mol.